The Morgan fingerprint density at radius 2 is 1.83 bits per heavy atom. The number of nitrogens with zero attached hydrogens (tertiary/aromatic N) is 3. The molecule has 3 N–H and O–H groups in total. The van der Waals surface area contributed by atoms with E-state index in [-0.39, 0.29) is 53.2 Å². The van der Waals surface area contributed by atoms with Gasteiger partial charge in [0, 0.05) is 43.2 Å². The van der Waals surface area contributed by atoms with E-state index in [0.717, 1.165) is 23.5 Å². The van der Waals surface area contributed by atoms with E-state index in [4.69, 9.17) is 4.74 Å². The van der Waals surface area contributed by atoms with Crippen molar-refractivity contribution in [2.75, 3.05) is 41.3 Å². The number of aromatic nitrogens is 1. The Labute approximate surface area is 238 Å². The molecule has 2 aliphatic heterocycles. The SMILES string of the molecule is CC(=O)NC[C@H]1CN(c2ccc(N[C@@H]3CCN(c4cc5c(cc4F)c(=O)cc(C4CC4)n5C(=O)O)C3)c(F)c2)C(=O)O1. The van der Waals surface area contributed by atoms with Crippen LogP contribution in [-0.4, -0.2) is 66.1 Å². The molecular formula is C29H29F2N5O6. The molecule has 0 bridgehead atoms. The van der Waals surface area contributed by atoms with Gasteiger partial charge in [-0.1, -0.05) is 0 Å². The van der Waals surface area contributed by atoms with Crippen LogP contribution in [0.1, 0.15) is 37.8 Å². The van der Waals surface area contributed by atoms with Crippen molar-refractivity contribution in [3.63, 3.8) is 0 Å². The Kier molecular flexibility index (Phi) is 6.95. The van der Waals surface area contributed by atoms with Gasteiger partial charge in [0.05, 0.1) is 35.7 Å². The fourth-order valence-electron chi connectivity index (χ4n) is 5.69. The number of ether oxygens (including phenoxy) is 1. The van der Waals surface area contributed by atoms with Crippen molar-refractivity contribution in [1.82, 2.24) is 9.88 Å². The highest BCUT2D eigenvalue weighted by Gasteiger charge is 2.34. The summed E-state index contributed by atoms with van der Waals surface area (Å²) in [6, 6.07) is 7.88. The topological polar surface area (TPSA) is 133 Å². The first-order valence-electron chi connectivity index (χ1n) is 13.7. The minimum absolute atomic E-state index is 0.00222. The summed E-state index contributed by atoms with van der Waals surface area (Å²) in [6.45, 7) is 2.42. The van der Waals surface area contributed by atoms with Crippen LogP contribution < -0.4 is 25.9 Å². The van der Waals surface area contributed by atoms with Crippen LogP contribution in [-0.2, 0) is 9.53 Å². The van der Waals surface area contributed by atoms with Crippen molar-refractivity contribution in [3.8, 4) is 0 Å². The summed E-state index contributed by atoms with van der Waals surface area (Å²) in [7, 11) is 0. The largest absolute Gasteiger partial charge is 0.464 e. The Bertz CT molecular complexity index is 1670. The molecule has 2 aromatic carbocycles. The van der Waals surface area contributed by atoms with Gasteiger partial charge in [-0.05, 0) is 55.5 Å². The van der Waals surface area contributed by atoms with Crippen molar-refractivity contribution in [3.05, 3.63) is 63.9 Å². The smallest absolute Gasteiger partial charge is 0.416 e. The van der Waals surface area contributed by atoms with Crippen LogP contribution in [0.4, 0.5) is 35.4 Å². The molecule has 220 valence electrons. The maximum Gasteiger partial charge on any atom is 0.416 e. The van der Waals surface area contributed by atoms with Gasteiger partial charge in [-0.3, -0.25) is 14.5 Å². The first-order valence-corrected chi connectivity index (χ1v) is 13.7. The number of anilines is 3. The molecule has 2 atom stereocenters. The molecule has 3 aliphatic rings. The normalized spacial score (nSPS) is 20.2. The van der Waals surface area contributed by atoms with Gasteiger partial charge in [0.1, 0.15) is 17.7 Å². The lowest BCUT2D eigenvalue weighted by Gasteiger charge is -2.22. The van der Waals surface area contributed by atoms with E-state index >= 15 is 8.78 Å². The number of benzene rings is 2. The molecule has 3 aromatic rings. The van der Waals surface area contributed by atoms with Crippen LogP contribution in [0, 0.1) is 11.6 Å². The molecule has 3 fully saturated rings. The van der Waals surface area contributed by atoms with E-state index < -0.39 is 35.4 Å². The van der Waals surface area contributed by atoms with E-state index in [9.17, 15) is 24.3 Å². The number of amides is 2. The maximum atomic E-state index is 15.2. The monoisotopic (exact) mass is 581 g/mol. The van der Waals surface area contributed by atoms with Crippen LogP contribution in [0.25, 0.3) is 10.9 Å². The molecule has 13 heteroatoms. The Morgan fingerprint density at radius 1 is 1.05 bits per heavy atom. The molecule has 1 saturated carbocycles. The number of nitrogens with one attached hydrogen (secondary N) is 2. The summed E-state index contributed by atoms with van der Waals surface area (Å²) >= 11 is 0. The van der Waals surface area contributed by atoms with E-state index in [1.165, 1.54) is 36.1 Å². The molecule has 0 unspecified atom stereocenters. The number of pyridine rings is 1. The summed E-state index contributed by atoms with van der Waals surface area (Å²) in [5.41, 5.74) is 0.843. The van der Waals surface area contributed by atoms with Gasteiger partial charge < -0.3 is 25.4 Å². The standard InChI is InChI=1S/C29H29F2N5O6/c1-15(37)32-12-19-14-35(29(41)42-19)18-4-5-23(21(30)8-18)33-17-6-7-34(13-17)26-10-25-20(9-22(26)31)27(38)11-24(16-2-3-16)36(25)28(39)40/h4-5,8-11,16-17,19,33H,2-3,6-7,12-14H2,1H3,(H,32,37)(H,39,40)/t17-,19+/m1/s1. The van der Waals surface area contributed by atoms with Crippen molar-refractivity contribution < 1.29 is 33.0 Å². The Morgan fingerprint density at radius 3 is 2.52 bits per heavy atom. The molecule has 0 radical (unpaired) electrons. The van der Waals surface area contributed by atoms with Gasteiger partial charge in [0.2, 0.25) is 5.91 Å². The highest BCUT2D eigenvalue weighted by molar-refractivity contribution is 5.91. The number of hydrogen-bond donors (Lipinski definition) is 3. The fourth-order valence-corrected chi connectivity index (χ4v) is 5.69. The number of carboxylic acid groups (broad SMARTS) is 1. The predicted molar refractivity (Wildman–Crippen MR) is 151 cm³/mol. The third-order valence-corrected chi connectivity index (χ3v) is 7.90. The van der Waals surface area contributed by atoms with Gasteiger partial charge >= 0.3 is 12.2 Å². The lowest BCUT2D eigenvalue weighted by molar-refractivity contribution is -0.119. The Hall–Kier alpha value is -4.68. The molecule has 0 spiro atoms. The molecule has 1 aliphatic carbocycles. The lowest BCUT2D eigenvalue weighted by Crippen LogP contribution is -2.33. The van der Waals surface area contributed by atoms with E-state index in [2.05, 4.69) is 10.6 Å². The van der Waals surface area contributed by atoms with Crippen LogP contribution in [0.15, 0.2) is 41.2 Å². The van der Waals surface area contributed by atoms with Crippen LogP contribution in [0.5, 0.6) is 0 Å². The molecule has 2 amide bonds. The number of halogens is 2. The first-order chi connectivity index (χ1) is 20.1. The summed E-state index contributed by atoms with van der Waals surface area (Å²) in [5, 5.41) is 15.6. The first kappa shape index (κ1) is 27.5. The van der Waals surface area contributed by atoms with Crippen molar-refractivity contribution in [2.24, 2.45) is 0 Å². The highest BCUT2D eigenvalue weighted by Crippen LogP contribution is 2.41. The van der Waals surface area contributed by atoms with Crippen molar-refractivity contribution in [2.45, 2.75) is 44.2 Å². The second kappa shape index (κ2) is 10.6. The quantitative estimate of drug-likeness (QED) is 0.384. The minimum Gasteiger partial charge on any atom is -0.464 e. The number of rotatable bonds is 7. The predicted octanol–water partition coefficient (Wildman–Crippen LogP) is 3.84. The fraction of sp³-hybridized carbons (Fsp3) is 0.379. The number of fused-ring (bicyclic) bond motifs is 1. The molecule has 11 nitrogen and oxygen atoms in total. The average Bonchev–Trinajstić information content (AvgIpc) is 3.57. The minimum atomic E-state index is -1.23. The number of hydrogen-bond acceptors (Lipinski definition) is 7. The van der Waals surface area contributed by atoms with Crippen molar-refractivity contribution in [1.29, 1.82) is 0 Å². The summed E-state index contributed by atoms with van der Waals surface area (Å²) < 4.78 is 36.7. The van der Waals surface area contributed by atoms with Gasteiger partial charge in [0.25, 0.3) is 0 Å². The van der Waals surface area contributed by atoms with Crippen LogP contribution in [0.2, 0.25) is 0 Å². The van der Waals surface area contributed by atoms with Gasteiger partial charge in [-0.2, -0.15) is 0 Å². The van der Waals surface area contributed by atoms with E-state index in [0.29, 0.717) is 30.9 Å². The third-order valence-electron chi connectivity index (χ3n) is 7.90. The van der Waals surface area contributed by atoms with Gasteiger partial charge in [-0.25, -0.2) is 22.9 Å². The molecule has 1 aromatic heterocycles. The van der Waals surface area contributed by atoms with E-state index in [1.54, 1.807) is 11.0 Å². The highest BCUT2D eigenvalue weighted by atomic mass is 19.1. The van der Waals surface area contributed by atoms with E-state index in [1.807, 2.05) is 0 Å². The zero-order chi connectivity index (χ0) is 29.7. The van der Waals surface area contributed by atoms with Gasteiger partial charge in [-0.15, -0.1) is 0 Å². The second-order valence-corrected chi connectivity index (χ2v) is 10.9. The van der Waals surface area contributed by atoms with Gasteiger partial charge in [0.15, 0.2) is 5.43 Å². The lowest BCUT2D eigenvalue weighted by atomic mass is 10.1. The third kappa shape index (κ3) is 5.21. The molecule has 3 heterocycles. The second-order valence-electron chi connectivity index (χ2n) is 10.9. The molecule has 6 rings (SSSR count). The zero-order valence-corrected chi connectivity index (χ0v) is 22.7. The van der Waals surface area contributed by atoms with Crippen LogP contribution in [0.3, 0.4) is 0 Å². The molecule has 2 saturated heterocycles. The number of carbonyl (C=O) groups is 3. The Balaban J connectivity index is 1.18. The number of carbonyl (C=O) groups excluding carboxylic acids is 2. The summed E-state index contributed by atoms with van der Waals surface area (Å²) in [4.78, 5) is 51.3. The van der Waals surface area contributed by atoms with Crippen LogP contribution >= 0.6 is 0 Å². The summed E-state index contributed by atoms with van der Waals surface area (Å²) in [5.74, 6) is -1.47. The summed E-state index contributed by atoms with van der Waals surface area (Å²) in [6.07, 6.45) is -0.269. The number of cyclic esters (lactones) is 1. The average molecular weight is 582 g/mol. The molecule has 42 heavy (non-hydrogen) atoms. The van der Waals surface area contributed by atoms with Crippen molar-refractivity contribution >= 4 is 46.1 Å². The maximum absolute atomic E-state index is 15.2. The zero-order valence-electron chi connectivity index (χ0n) is 22.7. The molecular weight excluding hydrogens is 552 g/mol.